The lowest BCUT2D eigenvalue weighted by atomic mass is 9.90. The zero-order valence-corrected chi connectivity index (χ0v) is 12.7. The molecule has 0 N–H and O–H groups in total. The number of rotatable bonds is 1. The number of piperidine rings is 1. The highest BCUT2D eigenvalue weighted by molar-refractivity contribution is 5.95. The van der Waals surface area contributed by atoms with Crippen molar-refractivity contribution in [3.63, 3.8) is 0 Å². The third-order valence-electron chi connectivity index (χ3n) is 4.70. The minimum Gasteiger partial charge on any atom is -0.333 e. The average Bonchev–Trinajstić information content (AvgIpc) is 2.66. The summed E-state index contributed by atoms with van der Waals surface area (Å²) in [5, 5.41) is 0. The summed E-state index contributed by atoms with van der Waals surface area (Å²) in [6, 6.07) is 4.81. The van der Waals surface area contributed by atoms with Crippen molar-refractivity contribution in [1.29, 1.82) is 0 Å². The molecule has 3 rings (SSSR count). The van der Waals surface area contributed by atoms with E-state index in [4.69, 9.17) is 0 Å². The Labute approximate surface area is 121 Å². The van der Waals surface area contributed by atoms with Gasteiger partial charge < -0.3 is 4.90 Å². The van der Waals surface area contributed by atoms with Gasteiger partial charge in [-0.1, -0.05) is 20.8 Å². The van der Waals surface area contributed by atoms with Crippen LogP contribution in [0.2, 0.25) is 0 Å². The lowest BCUT2D eigenvalue weighted by molar-refractivity contribution is 0.0595. The lowest BCUT2D eigenvalue weighted by Gasteiger charge is -2.35. The summed E-state index contributed by atoms with van der Waals surface area (Å²) in [6.07, 6.45) is 7.79. The maximum absolute atomic E-state index is 12.8. The number of carbonyl (C=O) groups is 1. The third-order valence-corrected chi connectivity index (χ3v) is 4.70. The molecule has 108 valence electrons. The van der Waals surface area contributed by atoms with Crippen molar-refractivity contribution in [2.45, 2.75) is 70.4 Å². The number of amides is 1. The second-order valence-corrected chi connectivity index (χ2v) is 7.21. The van der Waals surface area contributed by atoms with Crippen molar-refractivity contribution < 1.29 is 4.79 Å². The summed E-state index contributed by atoms with van der Waals surface area (Å²) in [4.78, 5) is 19.4. The second kappa shape index (κ2) is 4.87. The first-order chi connectivity index (χ1) is 9.47. The normalized spacial score (nSPS) is 25.9. The number of aromatic nitrogens is 1. The van der Waals surface area contributed by atoms with Gasteiger partial charge >= 0.3 is 0 Å². The van der Waals surface area contributed by atoms with Gasteiger partial charge in [0.15, 0.2) is 0 Å². The maximum Gasteiger partial charge on any atom is 0.254 e. The molecule has 1 amide bonds. The van der Waals surface area contributed by atoms with Gasteiger partial charge in [0.25, 0.3) is 5.91 Å². The molecular weight excluding hydrogens is 248 g/mol. The van der Waals surface area contributed by atoms with Crippen LogP contribution in [0.4, 0.5) is 0 Å². The summed E-state index contributed by atoms with van der Waals surface area (Å²) >= 11 is 0. The number of nitrogens with zero attached hydrogens (tertiary/aromatic N) is 2. The maximum atomic E-state index is 12.8. The van der Waals surface area contributed by atoms with Crippen LogP contribution in [-0.4, -0.2) is 27.9 Å². The smallest absolute Gasteiger partial charge is 0.254 e. The number of pyridine rings is 1. The van der Waals surface area contributed by atoms with Crippen molar-refractivity contribution in [1.82, 2.24) is 9.88 Å². The second-order valence-electron chi connectivity index (χ2n) is 7.21. The monoisotopic (exact) mass is 272 g/mol. The van der Waals surface area contributed by atoms with E-state index in [1.165, 1.54) is 32.1 Å². The summed E-state index contributed by atoms with van der Waals surface area (Å²) < 4.78 is 0. The molecule has 0 saturated carbocycles. The lowest BCUT2D eigenvalue weighted by Crippen LogP contribution is -2.44. The van der Waals surface area contributed by atoms with E-state index < -0.39 is 0 Å². The molecule has 2 saturated heterocycles. The molecule has 2 unspecified atom stereocenters. The van der Waals surface area contributed by atoms with Gasteiger partial charge in [-0.05, 0) is 44.2 Å². The molecule has 0 aliphatic carbocycles. The molecule has 2 aliphatic heterocycles. The molecular formula is C17H24N2O. The first-order valence-corrected chi connectivity index (χ1v) is 7.76. The van der Waals surface area contributed by atoms with Crippen LogP contribution in [-0.2, 0) is 5.41 Å². The van der Waals surface area contributed by atoms with E-state index in [2.05, 4.69) is 30.7 Å². The predicted octanol–water partition coefficient (Wildman–Crippen LogP) is 3.54. The van der Waals surface area contributed by atoms with Crippen molar-refractivity contribution in [3.8, 4) is 0 Å². The molecule has 2 atom stereocenters. The first kappa shape index (κ1) is 13.6. The Morgan fingerprint density at radius 1 is 1.20 bits per heavy atom. The fraction of sp³-hybridized carbons (Fsp3) is 0.647. The zero-order chi connectivity index (χ0) is 14.3. The number of hydrogen-bond donors (Lipinski definition) is 0. The largest absolute Gasteiger partial charge is 0.333 e. The molecule has 1 aromatic rings. The molecule has 0 radical (unpaired) electrons. The van der Waals surface area contributed by atoms with E-state index in [1.807, 2.05) is 12.1 Å². The Balaban J connectivity index is 1.88. The van der Waals surface area contributed by atoms with Crippen LogP contribution in [0.1, 0.15) is 68.9 Å². The highest BCUT2D eigenvalue weighted by Gasteiger charge is 2.39. The fourth-order valence-electron chi connectivity index (χ4n) is 3.57. The summed E-state index contributed by atoms with van der Waals surface area (Å²) in [5.41, 5.74) is 1.79. The van der Waals surface area contributed by atoms with Gasteiger partial charge in [0, 0.05) is 35.0 Å². The highest BCUT2D eigenvalue weighted by Crippen LogP contribution is 2.36. The minimum absolute atomic E-state index is 0.0167. The van der Waals surface area contributed by atoms with Gasteiger partial charge in [-0.25, -0.2) is 0 Å². The Morgan fingerprint density at radius 2 is 1.85 bits per heavy atom. The summed E-state index contributed by atoms with van der Waals surface area (Å²) in [5.74, 6) is 0.213. The van der Waals surface area contributed by atoms with Crippen LogP contribution in [0.15, 0.2) is 18.3 Å². The fourth-order valence-corrected chi connectivity index (χ4v) is 3.57. The van der Waals surface area contributed by atoms with Crippen LogP contribution < -0.4 is 0 Å². The molecule has 3 heterocycles. The topological polar surface area (TPSA) is 33.2 Å². The molecule has 3 heteroatoms. The van der Waals surface area contributed by atoms with Gasteiger partial charge in [0.2, 0.25) is 0 Å². The quantitative estimate of drug-likeness (QED) is 0.783. The SMILES string of the molecule is CC(C)(C)c1cc(C(=O)N2C3CCCC2CC3)ccn1. The van der Waals surface area contributed by atoms with Crippen LogP contribution in [0, 0.1) is 0 Å². The zero-order valence-electron chi connectivity index (χ0n) is 12.7. The van der Waals surface area contributed by atoms with E-state index in [0.29, 0.717) is 12.1 Å². The standard InChI is InChI=1S/C17H24N2O/c1-17(2,3)15-11-12(9-10-18-15)16(20)19-13-5-4-6-14(19)8-7-13/h9-11,13-14H,4-8H2,1-3H3. The van der Waals surface area contributed by atoms with E-state index in [-0.39, 0.29) is 11.3 Å². The Bertz CT molecular complexity index is 502. The van der Waals surface area contributed by atoms with Gasteiger partial charge in [-0.3, -0.25) is 9.78 Å². The van der Waals surface area contributed by atoms with Crippen LogP contribution in [0.3, 0.4) is 0 Å². The highest BCUT2D eigenvalue weighted by atomic mass is 16.2. The van der Waals surface area contributed by atoms with E-state index in [1.54, 1.807) is 6.20 Å². The molecule has 2 fully saturated rings. The van der Waals surface area contributed by atoms with E-state index in [0.717, 1.165) is 11.3 Å². The van der Waals surface area contributed by atoms with Gasteiger partial charge in [0.05, 0.1) is 0 Å². The van der Waals surface area contributed by atoms with Crippen molar-refractivity contribution in [3.05, 3.63) is 29.6 Å². The molecule has 2 aliphatic rings. The minimum atomic E-state index is -0.0167. The Morgan fingerprint density at radius 3 is 2.45 bits per heavy atom. The van der Waals surface area contributed by atoms with E-state index >= 15 is 0 Å². The summed E-state index contributed by atoms with van der Waals surface area (Å²) in [6.45, 7) is 6.40. The molecule has 1 aromatic heterocycles. The molecule has 3 nitrogen and oxygen atoms in total. The van der Waals surface area contributed by atoms with Crippen LogP contribution in [0.25, 0.3) is 0 Å². The van der Waals surface area contributed by atoms with Gasteiger partial charge in [0.1, 0.15) is 0 Å². The van der Waals surface area contributed by atoms with Crippen molar-refractivity contribution in [2.24, 2.45) is 0 Å². The average molecular weight is 272 g/mol. The molecule has 0 aromatic carbocycles. The van der Waals surface area contributed by atoms with Crippen LogP contribution >= 0.6 is 0 Å². The van der Waals surface area contributed by atoms with Crippen LogP contribution in [0.5, 0.6) is 0 Å². The molecule has 0 spiro atoms. The number of hydrogen-bond acceptors (Lipinski definition) is 2. The Hall–Kier alpha value is -1.38. The number of fused-ring (bicyclic) bond motifs is 2. The van der Waals surface area contributed by atoms with E-state index in [9.17, 15) is 4.79 Å². The summed E-state index contributed by atoms with van der Waals surface area (Å²) in [7, 11) is 0. The van der Waals surface area contributed by atoms with Gasteiger partial charge in [-0.15, -0.1) is 0 Å². The van der Waals surface area contributed by atoms with Gasteiger partial charge in [-0.2, -0.15) is 0 Å². The number of carbonyl (C=O) groups excluding carboxylic acids is 1. The van der Waals surface area contributed by atoms with Crippen molar-refractivity contribution >= 4 is 5.91 Å². The third kappa shape index (κ3) is 2.34. The first-order valence-electron chi connectivity index (χ1n) is 7.76. The predicted molar refractivity (Wildman–Crippen MR) is 79.8 cm³/mol. The van der Waals surface area contributed by atoms with Crippen molar-refractivity contribution in [2.75, 3.05) is 0 Å². The molecule has 20 heavy (non-hydrogen) atoms. The Kier molecular flexibility index (Phi) is 3.31. The molecule has 2 bridgehead atoms.